The third-order valence-corrected chi connectivity index (χ3v) is 5.27. The molecule has 1 N–H and O–H groups in total. The first-order valence-corrected chi connectivity index (χ1v) is 8.71. The lowest BCUT2D eigenvalue weighted by atomic mass is 10.2. The average molecular weight is 347 g/mol. The monoisotopic (exact) mass is 347 g/mol. The maximum atomic E-state index is 12.8. The van der Waals surface area contributed by atoms with E-state index in [1.807, 2.05) is 24.2 Å². The summed E-state index contributed by atoms with van der Waals surface area (Å²) in [7, 11) is 5.17. The lowest BCUT2D eigenvalue weighted by molar-refractivity contribution is 0.213. The number of rotatable bonds is 4. The first kappa shape index (κ1) is 16.6. The van der Waals surface area contributed by atoms with E-state index < -0.39 is 0 Å². The van der Waals surface area contributed by atoms with Crippen molar-refractivity contribution in [3.05, 3.63) is 42.2 Å². The van der Waals surface area contributed by atoms with E-state index in [-0.39, 0.29) is 11.4 Å². The minimum atomic E-state index is -0.130. The highest BCUT2D eigenvalue weighted by Crippen LogP contribution is 2.38. The van der Waals surface area contributed by atoms with Crippen LogP contribution in [-0.4, -0.2) is 42.0 Å². The second-order valence-electron chi connectivity index (χ2n) is 5.46. The van der Waals surface area contributed by atoms with Crippen molar-refractivity contribution in [3.63, 3.8) is 0 Å². The first-order chi connectivity index (χ1) is 11.6. The fourth-order valence-corrected chi connectivity index (χ4v) is 4.06. The van der Waals surface area contributed by atoms with Gasteiger partial charge in [0.25, 0.3) is 0 Å². The van der Waals surface area contributed by atoms with Crippen LogP contribution < -0.4 is 14.8 Å². The van der Waals surface area contributed by atoms with Crippen LogP contribution in [0.4, 0.5) is 10.5 Å². The number of hydrogen-bond donors (Lipinski definition) is 1. The zero-order valence-corrected chi connectivity index (χ0v) is 14.8. The Morgan fingerprint density at radius 3 is 2.79 bits per heavy atom. The Kier molecular flexibility index (Phi) is 4.89. The van der Waals surface area contributed by atoms with E-state index >= 15 is 0 Å². The fourth-order valence-electron chi connectivity index (χ4n) is 2.74. The molecule has 2 aromatic rings. The summed E-state index contributed by atoms with van der Waals surface area (Å²) in [5, 5.41) is 2.97. The molecule has 0 spiro atoms. The molecule has 1 saturated heterocycles. The predicted molar refractivity (Wildman–Crippen MR) is 95.9 cm³/mol. The lowest BCUT2D eigenvalue weighted by Gasteiger charge is -2.25. The molecule has 24 heavy (non-hydrogen) atoms. The van der Waals surface area contributed by atoms with Gasteiger partial charge >= 0.3 is 6.03 Å². The van der Waals surface area contributed by atoms with Gasteiger partial charge in [0, 0.05) is 31.6 Å². The van der Waals surface area contributed by atoms with Gasteiger partial charge in [-0.2, -0.15) is 0 Å². The Bertz CT molecular complexity index is 732. The summed E-state index contributed by atoms with van der Waals surface area (Å²) in [4.78, 5) is 14.6. The SMILES string of the molecule is COc1ccc(NC(=O)N2CCSC2c2cccn2C)c(OC)c1. The third kappa shape index (κ3) is 3.17. The van der Waals surface area contributed by atoms with Crippen molar-refractivity contribution in [1.82, 2.24) is 9.47 Å². The molecule has 6 nitrogen and oxygen atoms in total. The number of nitrogens with zero attached hydrogens (tertiary/aromatic N) is 2. The van der Waals surface area contributed by atoms with E-state index in [1.165, 1.54) is 0 Å². The van der Waals surface area contributed by atoms with E-state index in [0.717, 1.165) is 11.4 Å². The minimum Gasteiger partial charge on any atom is -0.497 e. The number of urea groups is 1. The predicted octanol–water partition coefficient (Wildman–Crippen LogP) is 3.32. The van der Waals surface area contributed by atoms with Crippen LogP contribution in [0, 0.1) is 0 Å². The van der Waals surface area contributed by atoms with Gasteiger partial charge in [-0.15, -0.1) is 11.8 Å². The molecule has 128 valence electrons. The topological polar surface area (TPSA) is 55.7 Å². The standard InChI is InChI=1S/C17H21N3O3S/c1-19-8-4-5-14(19)16-20(9-10-24-16)17(21)18-13-7-6-12(22-2)11-15(13)23-3/h4-8,11,16H,9-10H2,1-3H3,(H,18,21). The van der Waals surface area contributed by atoms with Crippen LogP contribution in [-0.2, 0) is 7.05 Å². The zero-order valence-electron chi connectivity index (χ0n) is 14.0. The molecule has 0 saturated carbocycles. The lowest BCUT2D eigenvalue weighted by Crippen LogP contribution is -2.35. The number of amides is 2. The van der Waals surface area contributed by atoms with Crippen molar-refractivity contribution in [1.29, 1.82) is 0 Å². The second-order valence-corrected chi connectivity index (χ2v) is 6.64. The molecule has 0 aliphatic carbocycles. The van der Waals surface area contributed by atoms with Gasteiger partial charge in [-0.25, -0.2) is 4.79 Å². The highest BCUT2D eigenvalue weighted by Gasteiger charge is 2.32. The molecule has 1 unspecified atom stereocenters. The number of carbonyl (C=O) groups is 1. The van der Waals surface area contributed by atoms with E-state index in [9.17, 15) is 4.79 Å². The van der Waals surface area contributed by atoms with Crippen molar-refractivity contribution >= 4 is 23.5 Å². The smallest absolute Gasteiger partial charge is 0.323 e. The summed E-state index contributed by atoms with van der Waals surface area (Å²) in [6.45, 7) is 0.713. The van der Waals surface area contributed by atoms with E-state index in [1.54, 1.807) is 44.2 Å². The molecule has 1 aliphatic rings. The van der Waals surface area contributed by atoms with E-state index in [0.29, 0.717) is 23.7 Å². The van der Waals surface area contributed by atoms with Gasteiger partial charge in [-0.3, -0.25) is 0 Å². The summed E-state index contributed by atoms with van der Waals surface area (Å²) in [5.41, 5.74) is 1.75. The summed E-state index contributed by atoms with van der Waals surface area (Å²) >= 11 is 1.77. The van der Waals surface area contributed by atoms with Crippen molar-refractivity contribution in [3.8, 4) is 11.5 Å². The highest BCUT2D eigenvalue weighted by atomic mass is 32.2. The normalized spacial score (nSPS) is 17.0. The van der Waals surface area contributed by atoms with Crippen LogP contribution >= 0.6 is 11.8 Å². The van der Waals surface area contributed by atoms with Gasteiger partial charge in [0.05, 0.1) is 25.6 Å². The molecular formula is C17H21N3O3S. The van der Waals surface area contributed by atoms with Gasteiger partial charge in [0.15, 0.2) is 0 Å². The highest BCUT2D eigenvalue weighted by molar-refractivity contribution is 7.99. The quantitative estimate of drug-likeness (QED) is 0.922. The molecule has 1 aromatic carbocycles. The number of benzene rings is 1. The van der Waals surface area contributed by atoms with Gasteiger partial charge in [0.2, 0.25) is 0 Å². The molecule has 7 heteroatoms. The summed E-state index contributed by atoms with van der Waals surface area (Å²) < 4.78 is 12.6. The largest absolute Gasteiger partial charge is 0.497 e. The number of methoxy groups -OCH3 is 2. The molecule has 1 aromatic heterocycles. The first-order valence-electron chi connectivity index (χ1n) is 7.66. The molecule has 2 amide bonds. The Labute approximate surface area is 145 Å². The molecule has 3 rings (SSSR count). The van der Waals surface area contributed by atoms with Crippen molar-refractivity contribution in [2.24, 2.45) is 7.05 Å². The molecule has 0 radical (unpaired) electrons. The van der Waals surface area contributed by atoms with Gasteiger partial charge in [-0.05, 0) is 24.3 Å². The fraction of sp³-hybridized carbons (Fsp3) is 0.353. The Balaban J connectivity index is 1.78. The number of nitrogens with one attached hydrogen (secondary N) is 1. The van der Waals surface area contributed by atoms with Gasteiger partial charge < -0.3 is 24.3 Å². The molecule has 1 fully saturated rings. The van der Waals surface area contributed by atoms with Crippen LogP contribution in [0.3, 0.4) is 0 Å². The summed E-state index contributed by atoms with van der Waals surface area (Å²) in [6, 6.07) is 9.26. The number of ether oxygens (including phenoxy) is 2. The number of anilines is 1. The minimum absolute atomic E-state index is 0.0224. The van der Waals surface area contributed by atoms with Crippen LogP contribution in [0.2, 0.25) is 0 Å². The van der Waals surface area contributed by atoms with Crippen molar-refractivity contribution in [2.45, 2.75) is 5.37 Å². The van der Waals surface area contributed by atoms with Gasteiger partial charge in [0.1, 0.15) is 16.9 Å². The van der Waals surface area contributed by atoms with Crippen LogP contribution in [0.5, 0.6) is 11.5 Å². The Morgan fingerprint density at radius 2 is 2.12 bits per heavy atom. The zero-order chi connectivity index (χ0) is 17.1. The van der Waals surface area contributed by atoms with Crippen molar-refractivity contribution < 1.29 is 14.3 Å². The van der Waals surface area contributed by atoms with Crippen LogP contribution in [0.1, 0.15) is 11.1 Å². The number of hydrogen-bond acceptors (Lipinski definition) is 4. The van der Waals surface area contributed by atoms with E-state index in [2.05, 4.69) is 16.0 Å². The van der Waals surface area contributed by atoms with Gasteiger partial charge in [-0.1, -0.05) is 0 Å². The second kappa shape index (κ2) is 7.09. The summed E-state index contributed by atoms with van der Waals surface area (Å²) in [5.74, 6) is 2.18. The maximum absolute atomic E-state index is 12.8. The summed E-state index contributed by atoms with van der Waals surface area (Å²) in [6.07, 6.45) is 2.00. The molecule has 0 bridgehead atoms. The maximum Gasteiger partial charge on any atom is 0.323 e. The number of thioether (sulfide) groups is 1. The van der Waals surface area contributed by atoms with Crippen molar-refractivity contribution in [2.75, 3.05) is 31.8 Å². The number of aromatic nitrogens is 1. The third-order valence-electron chi connectivity index (χ3n) is 4.04. The Hall–Kier alpha value is -2.28. The molecule has 1 aliphatic heterocycles. The number of carbonyl (C=O) groups excluding carboxylic acids is 1. The van der Waals surface area contributed by atoms with Crippen LogP contribution in [0.25, 0.3) is 0 Å². The number of aryl methyl sites for hydroxylation is 1. The van der Waals surface area contributed by atoms with Crippen LogP contribution in [0.15, 0.2) is 36.5 Å². The molecule has 2 heterocycles. The Morgan fingerprint density at radius 1 is 1.29 bits per heavy atom. The molecular weight excluding hydrogens is 326 g/mol. The van der Waals surface area contributed by atoms with E-state index in [4.69, 9.17) is 9.47 Å². The average Bonchev–Trinajstić information content (AvgIpc) is 3.23. The molecule has 1 atom stereocenters.